The summed E-state index contributed by atoms with van der Waals surface area (Å²) < 4.78 is 11.5. The number of aromatic nitrogens is 1. The molecule has 1 aliphatic rings. The number of pyridine rings is 1. The third-order valence-corrected chi connectivity index (χ3v) is 3.80. The second-order valence-electron chi connectivity index (χ2n) is 4.99. The van der Waals surface area contributed by atoms with Gasteiger partial charge in [0.15, 0.2) is 0 Å². The number of esters is 1. The maximum atomic E-state index is 12.0. The third kappa shape index (κ3) is 4.98. The van der Waals surface area contributed by atoms with E-state index in [0.717, 1.165) is 10.9 Å². The molecule has 1 aromatic heterocycles. The highest BCUT2D eigenvalue weighted by atomic mass is 79.9. The lowest BCUT2D eigenvalue weighted by atomic mass is 10.3. The zero-order valence-corrected chi connectivity index (χ0v) is 14.0. The van der Waals surface area contributed by atoms with Crippen LogP contribution in [0, 0.1) is 0 Å². The van der Waals surface area contributed by atoms with Gasteiger partial charge in [0.1, 0.15) is 6.10 Å². The smallest absolute Gasteiger partial charge is 0.306 e. The van der Waals surface area contributed by atoms with Crippen LogP contribution in [0.4, 0.5) is 0 Å². The average Bonchev–Trinajstić information content (AvgIpc) is 2.96. The third-order valence-electron chi connectivity index (χ3n) is 3.33. The maximum Gasteiger partial charge on any atom is 0.306 e. The number of halogens is 1. The van der Waals surface area contributed by atoms with E-state index in [4.69, 9.17) is 9.47 Å². The van der Waals surface area contributed by atoms with Crippen molar-refractivity contribution in [1.82, 2.24) is 9.88 Å². The lowest BCUT2D eigenvalue weighted by Gasteiger charge is -2.16. The summed E-state index contributed by atoms with van der Waals surface area (Å²) in [5, 5.41) is 0. The summed E-state index contributed by atoms with van der Waals surface area (Å²) in [6.45, 7) is 3.26. The number of carbonyl (C=O) groups excluding carboxylic acids is 2. The Morgan fingerprint density at radius 2 is 2.23 bits per heavy atom. The van der Waals surface area contributed by atoms with Gasteiger partial charge in [-0.3, -0.25) is 9.59 Å². The lowest BCUT2D eigenvalue weighted by molar-refractivity contribution is -0.145. The van der Waals surface area contributed by atoms with E-state index in [2.05, 4.69) is 20.9 Å². The van der Waals surface area contributed by atoms with Gasteiger partial charge in [-0.25, -0.2) is 4.98 Å². The van der Waals surface area contributed by atoms with Gasteiger partial charge in [-0.1, -0.05) is 0 Å². The first-order chi connectivity index (χ1) is 10.6. The van der Waals surface area contributed by atoms with E-state index in [9.17, 15) is 9.59 Å². The average molecular weight is 371 g/mol. The van der Waals surface area contributed by atoms with E-state index in [0.29, 0.717) is 25.6 Å². The Morgan fingerprint density at radius 3 is 2.91 bits per heavy atom. The van der Waals surface area contributed by atoms with Crippen LogP contribution in [0.1, 0.15) is 26.2 Å². The number of likely N-dealkylation sites (tertiary alicyclic amines) is 1. The van der Waals surface area contributed by atoms with E-state index >= 15 is 0 Å². The maximum absolute atomic E-state index is 12.0. The molecule has 2 rings (SSSR count). The molecule has 7 heteroatoms. The molecule has 120 valence electrons. The molecule has 22 heavy (non-hydrogen) atoms. The summed E-state index contributed by atoms with van der Waals surface area (Å²) in [6, 6.07) is 3.65. The van der Waals surface area contributed by atoms with Gasteiger partial charge in [-0.05, 0) is 28.9 Å². The van der Waals surface area contributed by atoms with Crippen molar-refractivity contribution >= 4 is 27.8 Å². The predicted octanol–water partition coefficient (Wildman–Crippen LogP) is 2.17. The summed E-state index contributed by atoms with van der Waals surface area (Å²) >= 11 is 3.32. The summed E-state index contributed by atoms with van der Waals surface area (Å²) in [4.78, 5) is 29.2. The molecule has 0 N–H and O–H groups in total. The summed E-state index contributed by atoms with van der Waals surface area (Å²) in [5.41, 5.74) is 0. The van der Waals surface area contributed by atoms with Crippen LogP contribution in [-0.4, -0.2) is 47.6 Å². The highest BCUT2D eigenvalue weighted by Gasteiger charge is 2.28. The van der Waals surface area contributed by atoms with E-state index in [-0.39, 0.29) is 30.8 Å². The van der Waals surface area contributed by atoms with Crippen molar-refractivity contribution in [3.8, 4) is 5.88 Å². The van der Waals surface area contributed by atoms with Gasteiger partial charge in [0, 0.05) is 36.1 Å². The van der Waals surface area contributed by atoms with E-state index in [1.807, 2.05) is 6.07 Å². The molecule has 2 heterocycles. The number of nitrogens with zero attached hydrogens (tertiary/aromatic N) is 2. The number of carbonyl (C=O) groups is 2. The first-order valence-electron chi connectivity index (χ1n) is 7.30. The zero-order valence-electron chi connectivity index (χ0n) is 12.5. The molecule has 1 aromatic rings. The molecule has 6 nitrogen and oxygen atoms in total. The molecule has 1 saturated heterocycles. The van der Waals surface area contributed by atoms with Crippen molar-refractivity contribution in [2.24, 2.45) is 0 Å². The monoisotopic (exact) mass is 370 g/mol. The normalized spacial score (nSPS) is 17.4. The van der Waals surface area contributed by atoms with Gasteiger partial charge in [-0.2, -0.15) is 0 Å². The topological polar surface area (TPSA) is 68.7 Å². The number of rotatable bonds is 6. The Morgan fingerprint density at radius 1 is 1.41 bits per heavy atom. The van der Waals surface area contributed by atoms with Crippen LogP contribution < -0.4 is 4.74 Å². The van der Waals surface area contributed by atoms with Crippen LogP contribution >= 0.6 is 15.9 Å². The van der Waals surface area contributed by atoms with Crippen LogP contribution in [0.5, 0.6) is 5.88 Å². The molecule has 1 unspecified atom stereocenters. The molecule has 1 atom stereocenters. The Labute approximate surface area is 137 Å². The Kier molecular flexibility index (Phi) is 6.18. The first kappa shape index (κ1) is 16.7. The van der Waals surface area contributed by atoms with Crippen LogP contribution in [0.25, 0.3) is 0 Å². The second kappa shape index (κ2) is 8.12. The number of ether oxygens (including phenoxy) is 2. The SMILES string of the molecule is CCOC(=O)CCC(=O)N1CCC(Oc2ccc(Br)cn2)C1. The minimum Gasteiger partial charge on any atom is -0.472 e. The Bertz CT molecular complexity index is 521. The predicted molar refractivity (Wildman–Crippen MR) is 83.4 cm³/mol. The summed E-state index contributed by atoms with van der Waals surface area (Å²) in [6.07, 6.45) is 2.70. The van der Waals surface area contributed by atoms with Crippen molar-refractivity contribution < 1.29 is 19.1 Å². The first-order valence-corrected chi connectivity index (χ1v) is 8.09. The molecule has 0 saturated carbocycles. The van der Waals surface area contributed by atoms with Gasteiger partial charge in [-0.15, -0.1) is 0 Å². The zero-order chi connectivity index (χ0) is 15.9. The van der Waals surface area contributed by atoms with Gasteiger partial charge in [0.25, 0.3) is 0 Å². The largest absolute Gasteiger partial charge is 0.472 e. The molecule has 1 amide bonds. The van der Waals surface area contributed by atoms with Crippen molar-refractivity contribution in [1.29, 1.82) is 0 Å². The molecule has 1 fully saturated rings. The Hall–Kier alpha value is -1.63. The summed E-state index contributed by atoms with van der Waals surface area (Å²) in [5.74, 6) is 0.179. The van der Waals surface area contributed by atoms with Gasteiger partial charge < -0.3 is 14.4 Å². The molecule has 0 bridgehead atoms. The molecule has 0 aliphatic carbocycles. The molecule has 0 spiro atoms. The minimum atomic E-state index is -0.332. The summed E-state index contributed by atoms with van der Waals surface area (Å²) in [7, 11) is 0. The molecule has 0 aromatic carbocycles. The fraction of sp³-hybridized carbons (Fsp3) is 0.533. The number of amides is 1. The number of hydrogen-bond acceptors (Lipinski definition) is 5. The van der Waals surface area contributed by atoms with Crippen molar-refractivity contribution in [2.45, 2.75) is 32.3 Å². The van der Waals surface area contributed by atoms with Gasteiger partial charge in [0.2, 0.25) is 11.8 Å². The quantitative estimate of drug-likeness (QED) is 0.717. The van der Waals surface area contributed by atoms with Crippen molar-refractivity contribution in [3.63, 3.8) is 0 Å². The van der Waals surface area contributed by atoms with Crippen molar-refractivity contribution in [2.75, 3.05) is 19.7 Å². The fourth-order valence-corrected chi connectivity index (χ4v) is 2.49. The van der Waals surface area contributed by atoms with E-state index < -0.39 is 0 Å². The highest BCUT2D eigenvalue weighted by Crippen LogP contribution is 2.19. The van der Waals surface area contributed by atoms with E-state index in [1.54, 1.807) is 24.1 Å². The van der Waals surface area contributed by atoms with Gasteiger partial charge in [0.05, 0.1) is 19.6 Å². The van der Waals surface area contributed by atoms with Crippen LogP contribution in [0.3, 0.4) is 0 Å². The minimum absolute atomic E-state index is 0.0390. The standard InChI is InChI=1S/C15H19BrN2O4/c1-2-21-15(20)6-5-14(19)18-8-7-12(10-18)22-13-4-3-11(16)9-17-13/h3-4,9,12H,2,5-8,10H2,1H3. The highest BCUT2D eigenvalue weighted by molar-refractivity contribution is 9.10. The van der Waals surface area contributed by atoms with Crippen LogP contribution in [0.15, 0.2) is 22.8 Å². The Balaban J connectivity index is 1.76. The van der Waals surface area contributed by atoms with Crippen LogP contribution in [0.2, 0.25) is 0 Å². The molecular formula is C15H19BrN2O4. The lowest BCUT2D eigenvalue weighted by Crippen LogP contribution is -2.31. The molecule has 1 aliphatic heterocycles. The molecular weight excluding hydrogens is 352 g/mol. The van der Waals surface area contributed by atoms with Crippen molar-refractivity contribution in [3.05, 3.63) is 22.8 Å². The molecule has 0 radical (unpaired) electrons. The fourth-order valence-electron chi connectivity index (χ4n) is 2.25. The van der Waals surface area contributed by atoms with Crippen LogP contribution in [-0.2, 0) is 14.3 Å². The number of hydrogen-bond donors (Lipinski definition) is 0. The second-order valence-corrected chi connectivity index (χ2v) is 5.90. The van der Waals surface area contributed by atoms with E-state index in [1.165, 1.54) is 0 Å². The van der Waals surface area contributed by atoms with Gasteiger partial charge >= 0.3 is 5.97 Å².